The van der Waals surface area contributed by atoms with Crippen LogP contribution in [0, 0.1) is 7.05 Å². The molecule has 1 heterocycles. The first kappa shape index (κ1) is 19.7. The molecule has 1 saturated heterocycles. The molecule has 0 aromatic rings. The van der Waals surface area contributed by atoms with Crippen LogP contribution in [-0.2, 0) is 0 Å². The number of rotatable bonds is 0. The molecule has 1 fully saturated rings. The van der Waals surface area contributed by atoms with E-state index >= 15 is 0 Å². The van der Waals surface area contributed by atoms with E-state index in [1.54, 1.807) is 0 Å². The first-order valence-corrected chi connectivity index (χ1v) is 4.30. The van der Waals surface area contributed by atoms with Gasteiger partial charge in [-0.2, -0.15) is 8.78 Å². The number of alkyl halides is 3. The first-order valence-electron chi connectivity index (χ1n) is 4.30. The van der Waals surface area contributed by atoms with Crippen molar-refractivity contribution in [3.63, 3.8) is 0 Å². The van der Waals surface area contributed by atoms with E-state index in [1.165, 1.54) is 0 Å². The standard InChI is InChI=1S/C7H11F3N.BH3O3.K/c1-6(8)4-3-5-11(2)7(6,9)10;2-1(3)4;/h2-5H2,1H3;2-4H;/q-1;;+1. The van der Waals surface area contributed by atoms with Gasteiger partial charge >= 0.3 is 64.8 Å². The summed E-state index contributed by atoms with van der Waals surface area (Å²) in [6.07, 6.45) is 0.345. The molecule has 4 nitrogen and oxygen atoms in total. The molecule has 0 radical (unpaired) electrons. The van der Waals surface area contributed by atoms with Crippen LogP contribution in [0.3, 0.4) is 0 Å². The Bertz CT molecular complexity index is 207. The molecule has 0 aliphatic carbocycles. The zero-order valence-electron chi connectivity index (χ0n) is 9.33. The molecule has 1 aliphatic rings. The molecule has 0 bridgehead atoms. The summed E-state index contributed by atoms with van der Waals surface area (Å²) in [5, 5.41) is 21.5. The van der Waals surface area contributed by atoms with Gasteiger partial charge in [-0.15, -0.1) is 0 Å². The van der Waals surface area contributed by atoms with Crippen molar-refractivity contribution in [1.29, 1.82) is 0 Å². The average Bonchev–Trinajstić information content (AvgIpc) is 1.99. The van der Waals surface area contributed by atoms with Gasteiger partial charge in [-0.1, -0.05) is 0 Å². The third-order valence-electron chi connectivity index (χ3n) is 2.10. The Labute approximate surface area is 135 Å². The predicted molar refractivity (Wildman–Crippen MR) is 48.2 cm³/mol. The summed E-state index contributed by atoms with van der Waals surface area (Å²) < 4.78 is 38.8. The summed E-state index contributed by atoms with van der Waals surface area (Å²) in [5.74, 6) is 0. The molecular formula is C7H14BF3KNO3. The monoisotopic (exact) mass is 267 g/mol. The molecular weight excluding hydrogens is 253 g/mol. The van der Waals surface area contributed by atoms with E-state index in [4.69, 9.17) is 15.1 Å². The van der Waals surface area contributed by atoms with Crippen molar-refractivity contribution in [2.75, 3.05) is 6.54 Å². The van der Waals surface area contributed by atoms with E-state index in [9.17, 15) is 13.2 Å². The van der Waals surface area contributed by atoms with E-state index in [1.807, 2.05) is 0 Å². The summed E-state index contributed by atoms with van der Waals surface area (Å²) in [6.45, 7) is 1.08. The van der Waals surface area contributed by atoms with Crippen LogP contribution < -0.4 is 51.4 Å². The Balaban J connectivity index is 0. The normalized spacial score (nSPS) is 28.5. The van der Waals surface area contributed by atoms with Gasteiger partial charge in [0, 0.05) is 0 Å². The summed E-state index contributed by atoms with van der Waals surface area (Å²) >= 11 is 0. The van der Waals surface area contributed by atoms with Crippen molar-refractivity contribution in [3.8, 4) is 0 Å². The zero-order chi connectivity index (χ0) is 12.3. The van der Waals surface area contributed by atoms with Crippen molar-refractivity contribution < 1.29 is 79.6 Å². The van der Waals surface area contributed by atoms with Gasteiger partial charge in [0.05, 0.1) is 0 Å². The van der Waals surface area contributed by atoms with Crippen LogP contribution in [0.4, 0.5) is 13.2 Å². The van der Waals surface area contributed by atoms with Crippen molar-refractivity contribution in [2.24, 2.45) is 0 Å². The zero-order valence-corrected chi connectivity index (χ0v) is 12.5. The van der Waals surface area contributed by atoms with Gasteiger partial charge in [-0.25, -0.2) is 4.39 Å². The molecule has 1 unspecified atom stereocenters. The fraction of sp³-hybridized carbons (Fsp3) is 0.857. The molecule has 1 rings (SSSR count). The number of likely N-dealkylation sites (tertiary alicyclic amines) is 1. The summed E-state index contributed by atoms with van der Waals surface area (Å²) in [5.41, 5.74) is -2.42. The van der Waals surface area contributed by atoms with Crippen LogP contribution in [0.1, 0.15) is 19.8 Å². The average molecular weight is 267 g/mol. The summed E-state index contributed by atoms with van der Waals surface area (Å²) in [7, 11) is 0.923. The van der Waals surface area contributed by atoms with Gasteiger partial charge in [-0.3, -0.25) is 7.05 Å². The second-order valence-corrected chi connectivity index (χ2v) is 3.45. The second-order valence-electron chi connectivity index (χ2n) is 3.45. The summed E-state index contributed by atoms with van der Waals surface area (Å²) in [4.78, 5) is 0.524. The van der Waals surface area contributed by atoms with Crippen molar-refractivity contribution in [2.45, 2.75) is 31.5 Å². The molecule has 1 aliphatic heterocycles. The maximum atomic E-state index is 13.1. The number of nitrogens with zero attached hydrogens (tertiary/aromatic N) is 1. The van der Waals surface area contributed by atoms with E-state index in [2.05, 4.69) is 7.05 Å². The quantitative estimate of drug-likeness (QED) is 0.251. The van der Waals surface area contributed by atoms with Gasteiger partial charge in [0.25, 0.3) is 0 Å². The van der Waals surface area contributed by atoms with E-state index in [0.717, 1.165) is 6.92 Å². The van der Waals surface area contributed by atoms with Crippen LogP contribution in [0.15, 0.2) is 0 Å². The fourth-order valence-electron chi connectivity index (χ4n) is 1.22. The van der Waals surface area contributed by atoms with Crippen LogP contribution in [0.25, 0.3) is 0 Å². The maximum absolute atomic E-state index is 13.1. The molecule has 0 aromatic heterocycles. The number of halogens is 3. The Morgan fingerprint density at radius 1 is 1.25 bits per heavy atom. The Hall–Kier alpha value is 1.33. The molecule has 0 spiro atoms. The van der Waals surface area contributed by atoms with E-state index in [-0.39, 0.29) is 64.4 Å². The fourth-order valence-corrected chi connectivity index (χ4v) is 1.22. The van der Waals surface area contributed by atoms with Crippen molar-refractivity contribution >= 4 is 7.32 Å². The minimum atomic E-state index is -3.41. The maximum Gasteiger partial charge on any atom is 1.00 e. The molecule has 90 valence electrons. The molecule has 0 aromatic carbocycles. The van der Waals surface area contributed by atoms with Crippen LogP contribution in [0.5, 0.6) is 0 Å². The predicted octanol–water partition coefficient (Wildman–Crippen LogP) is -2.85. The summed E-state index contributed by atoms with van der Waals surface area (Å²) in [6, 6.07) is -3.41. The SMILES string of the molecule is OB(O)O.[CH2-]N1CCCC(C)(F)C1(F)F.[K+]. The van der Waals surface area contributed by atoms with Gasteiger partial charge < -0.3 is 20.0 Å². The number of piperidine rings is 1. The third-order valence-corrected chi connectivity index (χ3v) is 2.10. The Morgan fingerprint density at radius 2 is 1.62 bits per heavy atom. The van der Waals surface area contributed by atoms with Crippen molar-refractivity contribution in [3.05, 3.63) is 7.05 Å². The van der Waals surface area contributed by atoms with Gasteiger partial charge in [0.1, 0.15) is 0 Å². The van der Waals surface area contributed by atoms with E-state index < -0.39 is 19.0 Å². The van der Waals surface area contributed by atoms with Gasteiger partial charge in [0.15, 0.2) is 5.67 Å². The van der Waals surface area contributed by atoms with Crippen LogP contribution in [-0.4, -0.2) is 45.6 Å². The molecule has 0 saturated carbocycles. The second kappa shape index (κ2) is 7.70. The van der Waals surface area contributed by atoms with Crippen LogP contribution in [0.2, 0.25) is 0 Å². The first-order chi connectivity index (χ1) is 6.61. The molecule has 9 heteroatoms. The van der Waals surface area contributed by atoms with Gasteiger partial charge in [-0.05, 0) is 26.3 Å². The molecule has 3 N–H and O–H groups in total. The minimum absolute atomic E-state index is 0. The van der Waals surface area contributed by atoms with Crippen molar-refractivity contribution in [1.82, 2.24) is 4.90 Å². The third kappa shape index (κ3) is 5.78. The Morgan fingerprint density at radius 3 is 1.88 bits per heavy atom. The smallest absolute Gasteiger partial charge is 0.402 e. The largest absolute Gasteiger partial charge is 1.00 e. The van der Waals surface area contributed by atoms with Gasteiger partial charge in [0.2, 0.25) is 0 Å². The van der Waals surface area contributed by atoms with Crippen LogP contribution >= 0.6 is 0 Å². The molecule has 16 heavy (non-hydrogen) atoms. The minimum Gasteiger partial charge on any atom is -0.402 e. The Kier molecular flexibility index (Phi) is 9.46. The topological polar surface area (TPSA) is 63.9 Å². The molecule has 0 amide bonds. The molecule has 1 atom stereocenters. The number of hydrogen-bond donors (Lipinski definition) is 3. The van der Waals surface area contributed by atoms with E-state index in [0.29, 0.717) is 11.3 Å². The number of hydrogen-bond acceptors (Lipinski definition) is 4.